The molecule has 2 bridgehead atoms. The van der Waals surface area contributed by atoms with Gasteiger partial charge in [-0.25, -0.2) is 18.7 Å². The van der Waals surface area contributed by atoms with Crippen LogP contribution in [0, 0.1) is 36.8 Å². The smallest absolute Gasteiger partial charge is 0.159 e. The molecule has 1 aliphatic carbocycles. The molecule has 53 heavy (non-hydrogen) atoms. The molecule has 3 aromatic carbocycles. The van der Waals surface area contributed by atoms with Gasteiger partial charge in [-0.2, -0.15) is 0 Å². The number of benzene rings is 3. The Bertz CT molecular complexity index is 2140. The van der Waals surface area contributed by atoms with Gasteiger partial charge in [-0.1, -0.05) is 37.0 Å². The zero-order valence-electron chi connectivity index (χ0n) is 31.2. The highest BCUT2D eigenvalue weighted by Gasteiger charge is 2.45. The molecule has 2 unspecified atom stereocenters. The maximum absolute atomic E-state index is 17.8. The number of aromatic nitrogens is 2. The summed E-state index contributed by atoms with van der Waals surface area (Å²) >= 11 is 0. The van der Waals surface area contributed by atoms with Crippen molar-refractivity contribution in [3.05, 3.63) is 58.4 Å². The molecule has 5 aliphatic rings. The number of fused-ring (bicyclic) bond motifs is 5. The first-order chi connectivity index (χ1) is 25.8. The number of hydrogen-bond donors (Lipinski definition) is 1. The molecule has 5 fully saturated rings. The predicted molar refractivity (Wildman–Crippen MR) is 212 cm³/mol. The Morgan fingerprint density at radius 1 is 1.00 bits per heavy atom. The third-order valence-corrected chi connectivity index (χ3v) is 13.5. The highest BCUT2D eigenvalue weighted by atomic mass is 19.1. The molecule has 276 valence electrons. The zero-order valence-corrected chi connectivity index (χ0v) is 31.2. The van der Waals surface area contributed by atoms with Gasteiger partial charge in [0.15, 0.2) is 5.82 Å². The minimum atomic E-state index is -0.526. The number of piperazine rings is 1. The van der Waals surface area contributed by atoms with Crippen LogP contribution in [-0.4, -0.2) is 83.4 Å². The Hall–Kier alpha value is -4.13. The van der Waals surface area contributed by atoms with Crippen molar-refractivity contribution < 1.29 is 8.78 Å². The van der Waals surface area contributed by atoms with Crippen LogP contribution in [0.2, 0.25) is 0 Å². The summed E-state index contributed by atoms with van der Waals surface area (Å²) in [5.41, 5.74) is 9.99. The standard InChI is InChI=1S/C44H51F2N7/c1-4-32-35(45)14-11-29-21-27(2)22-33(37(29)32)38-40(46)42-39(34(23-48-3)41(38)47)43(50-36(49-42)15-18-44-16-7-19-52(44)20-8-17-44)53-30-12-13-31(53)26-51(25-30)24-28-9-5-6-10-28/h1,11,14,21-23,28,30-31H,5-10,12-13,15-20,24-26,47H2,2-3H3. The van der Waals surface area contributed by atoms with Gasteiger partial charge in [-0.05, 0) is 106 Å². The molecule has 7 nitrogen and oxygen atoms in total. The van der Waals surface area contributed by atoms with Gasteiger partial charge in [0.1, 0.15) is 23.0 Å². The van der Waals surface area contributed by atoms with Crippen LogP contribution < -0.4 is 10.6 Å². The van der Waals surface area contributed by atoms with Crippen LogP contribution >= 0.6 is 0 Å². The molecule has 2 N–H and O–H groups in total. The van der Waals surface area contributed by atoms with Crippen LogP contribution in [0.1, 0.15) is 93.1 Å². The van der Waals surface area contributed by atoms with E-state index in [2.05, 4.69) is 25.6 Å². The summed E-state index contributed by atoms with van der Waals surface area (Å²) in [5.74, 6) is 3.74. The average molecular weight is 716 g/mol. The number of likely N-dealkylation sites (tertiary alicyclic amines) is 1. The molecule has 4 aliphatic heterocycles. The van der Waals surface area contributed by atoms with Crippen molar-refractivity contribution in [1.29, 1.82) is 0 Å². The molecule has 0 amide bonds. The maximum atomic E-state index is 17.8. The largest absolute Gasteiger partial charge is 0.398 e. The minimum Gasteiger partial charge on any atom is -0.398 e. The van der Waals surface area contributed by atoms with Gasteiger partial charge >= 0.3 is 0 Å². The van der Waals surface area contributed by atoms with Gasteiger partial charge in [0, 0.05) is 73.5 Å². The first-order valence-corrected chi connectivity index (χ1v) is 20.0. The summed E-state index contributed by atoms with van der Waals surface area (Å²) in [4.78, 5) is 22.8. The minimum absolute atomic E-state index is 0.0927. The van der Waals surface area contributed by atoms with Gasteiger partial charge in [-0.15, -0.1) is 6.42 Å². The number of terminal acetylenes is 1. The average Bonchev–Trinajstić information content (AvgIpc) is 3.94. The van der Waals surface area contributed by atoms with E-state index in [1.165, 1.54) is 64.0 Å². The second-order valence-corrected chi connectivity index (χ2v) is 16.6. The fourth-order valence-electron chi connectivity index (χ4n) is 11.2. The second-order valence-electron chi connectivity index (χ2n) is 16.6. The van der Waals surface area contributed by atoms with Crippen LogP contribution in [0.5, 0.6) is 0 Å². The summed E-state index contributed by atoms with van der Waals surface area (Å²) in [6.45, 7) is 7.38. The quantitative estimate of drug-likeness (QED) is 0.113. The number of nitrogens with two attached hydrogens (primary N) is 1. The zero-order chi connectivity index (χ0) is 36.4. The van der Waals surface area contributed by atoms with Crippen molar-refractivity contribution in [3.8, 4) is 23.5 Å². The van der Waals surface area contributed by atoms with Gasteiger partial charge in [-0.3, -0.25) is 14.8 Å². The fraction of sp³-hybridized carbons (Fsp3) is 0.523. The van der Waals surface area contributed by atoms with E-state index in [9.17, 15) is 0 Å². The normalized spacial score (nSPS) is 23.3. The Labute approximate surface area is 312 Å². The Kier molecular flexibility index (Phi) is 8.90. The molecular weight excluding hydrogens is 665 g/mol. The molecule has 9 rings (SSSR count). The van der Waals surface area contributed by atoms with Crippen molar-refractivity contribution in [2.24, 2.45) is 10.9 Å². The number of rotatable bonds is 8. The highest BCUT2D eigenvalue weighted by molar-refractivity contribution is 6.15. The van der Waals surface area contributed by atoms with E-state index in [-0.39, 0.29) is 40.0 Å². The Morgan fingerprint density at radius 3 is 2.43 bits per heavy atom. The number of nitrogen functional groups attached to an aromatic ring is 1. The monoisotopic (exact) mass is 715 g/mol. The Balaban J connectivity index is 1.24. The molecule has 4 aromatic rings. The molecule has 0 radical (unpaired) electrons. The summed E-state index contributed by atoms with van der Waals surface area (Å²) in [6, 6.07) is 7.42. The number of aliphatic imine (C=N–C) groups is 1. The number of halogens is 2. The van der Waals surface area contributed by atoms with Crippen LogP contribution in [-0.2, 0) is 6.42 Å². The third-order valence-electron chi connectivity index (χ3n) is 13.5. The summed E-state index contributed by atoms with van der Waals surface area (Å²) in [7, 11) is 1.71. The molecule has 0 spiro atoms. The van der Waals surface area contributed by atoms with Crippen molar-refractivity contribution >= 4 is 39.4 Å². The maximum Gasteiger partial charge on any atom is 0.159 e. The van der Waals surface area contributed by atoms with Gasteiger partial charge in [0.05, 0.1) is 16.6 Å². The lowest BCUT2D eigenvalue weighted by Gasteiger charge is -2.43. The predicted octanol–water partition coefficient (Wildman–Crippen LogP) is 8.05. The molecule has 4 saturated heterocycles. The van der Waals surface area contributed by atoms with Crippen molar-refractivity contribution in [2.75, 3.05) is 50.4 Å². The van der Waals surface area contributed by atoms with Crippen molar-refractivity contribution in [3.63, 3.8) is 0 Å². The third kappa shape index (κ3) is 5.79. The first-order valence-electron chi connectivity index (χ1n) is 20.0. The topological polar surface area (TPSA) is 73.9 Å². The number of hydrogen-bond acceptors (Lipinski definition) is 7. The number of nitrogens with zero attached hydrogens (tertiary/aromatic N) is 6. The summed E-state index contributed by atoms with van der Waals surface area (Å²) in [6.07, 6.45) is 21.6. The van der Waals surface area contributed by atoms with Crippen LogP contribution in [0.25, 0.3) is 32.8 Å². The SMILES string of the molecule is C#Cc1c(F)ccc2cc(C)cc(-c3c(N)c(C=NC)c4c(N5C6CCC5CN(CC5CCCC5)C6)nc(CCC56CCCN5CCC6)nc4c3F)c12. The Morgan fingerprint density at radius 2 is 1.74 bits per heavy atom. The first kappa shape index (κ1) is 34.6. The van der Waals surface area contributed by atoms with Gasteiger partial charge in [0.2, 0.25) is 0 Å². The fourth-order valence-corrected chi connectivity index (χ4v) is 11.2. The lowest BCUT2D eigenvalue weighted by atomic mass is 9.88. The van der Waals surface area contributed by atoms with Crippen molar-refractivity contribution in [1.82, 2.24) is 19.8 Å². The van der Waals surface area contributed by atoms with E-state index in [0.717, 1.165) is 68.1 Å². The molecule has 5 heterocycles. The van der Waals surface area contributed by atoms with Gasteiger partial charge in [0.25, 0.3) is 0 Å². The molecule has 1 saturated carbocycles. The molecule has 9 heteroatoms. The van der Waals surface area contributed by atoms with E-state index in [0.29, 0.717) is 34.1 Å². The number of aryl methyl sites for hydroxylation is 2. The van der Waals surface area contributed by atoms with E-state index in [4.69, 9.17) is 22.1 Å². The van der Waals surface area contributed by atoms with Gasteiger partial charge < -0.3 is 10.6 Å². The van der Waals surface area contributed by atoms with E-state index < -0.39 is 11.6 Å². The highest BCUT2D eigenvalue weighted by Crippen LogP contribution is 2.47. The molecular formula is C44H51F2N7. The second kappa shape index (κ2) is 13.6. The van der Waals surface area contributed by atoms with Crippen LogP contribution in [0.15, 0.2) is 29.3 Å². The lowest BCUT2D eigenvalue weighted by molar-refractivity contribution is 0.181. The van der Waals surface area contributed by atoms with E-state index in [1.807, 2.05) is 19.1 Å². The van der Waals surface area contributed by atoms with Crippen LogP contribution in [0.4, 0.5) is 20.3 Å². The molecule has 2 atom stereocenters. The summed E-state index contributed by atoms with van der Waals surface area (Å²) in [5, 5.41) is 1.81. The van der Waals surface area contributed by atoms with Crippen LogP contribution in [0.3, 0.4) is 0 Å². The van der Waals surface area contributed by atoms with Crippen molar-refractivity contribution in [2.45, 2.75) is 102 Å². The molecule has 1 aromatic heterocycles. The van der Waals surface area contributed by atoms with E-state index in [1.54, 1.807) is 19.3 Å². The lowest BCUT2D eigenvalue weighted by Crippen LogP contribution is -2.55. The van der Waals surface area contributed by atoms with E-state index >= 15 is 8.78 Å². The number of anilines is 2. The summed E-state index contributed by atoms with van der Waals surface area (Å²) < 4.78 is 33.1.